The summed E-state index contributed by atoms with van der Waals surface area (Å²) in [4.78, 5) is 10.3. The Bertz CT molecular complexity index is 666. The highest BCUT2D eigenvalue weighted by Gasteiger charge is 2.29. The fourth-order valence-corrected chi connectivity index (χ4v) is 4.52. The first-order valence-electron chi connectivity index (χ1n) is 7.32. The van der Waals surface area contributed by atoms with Crippen LogP contribution in [0.4, 0.5) is 5.69 Å². The summed E-state index contributed by atoms with van der Waals surface area (Å²) >= 11 is 0. The minimum atomic E-state index is -3.70. The van der Waals surface area contributed by atoms with E-state index < -0.39 is 14.9 Å². The molecule has 130 valence electrons. The van der Waals surface area contributed by atoms with Gasteiger partial charge in [-0.05, 0) is 43.9 Å². The van der Waals surface area contributed by atoms with E-state index >= 15 is 0 Å². The van der Waals surface area contributed by atoms with Gasteiger partial charge in [0.2, 0.25) is 10.0 Å². The van der Waals surface area contributed by atoms with Crippen molar-refractivity contribution in [1.82, 2.24) is 4.72 Å². The number of nitro benzene ring substituents is 1. The summed E-state index contributed by atoms with van der Waals surface area (Å²) in [5.74, 6) is 0.141. The van der Waals surface area contributed by atoms with Crippen LogP contribution in [0.2, 0.25) is 0 Å². The Labute approximate surface area is 142 Å². The normalized spacial score (nSPS) is 21.5. The average Bonchev–Trinajstić information content (AvgIpc) is 2.46. The van der Waals surface area contributed by atoms with Crippen LogP contribution in [0.15, 0.2) is 23.1 Å². The van der Waals surface area contributed by atoms with Gasteiger partial charge in [-0.3, -0.25) is 10.1 Å². The fraction of sp³-hybridized carbons (Fsp3) is 0.571. The first-order chi connectivity index (χ1) is 10.3. The number of non-ortho nitro benzene ring substituents is 1. The van der Waals surface area contributed by atoms with Crippen molar-refractivity contribution in [3.05, 3.63) is 33.9 Å². The molecule has 2 rings (SSSR count). The number of sulfonamides is 1. The predicted molar refractivity (Wildman–Crippen MR) is 90.2 cm³/mol. The minimum Gasteiger partial charge on any atom is -0.330 e. The van der Waals surface area contributed by atoms with Crippen molar-refractivity contribution in [3.63, 3.8) is 0 Å². The van der Waals surface area contributed by atoms with Gasteiger partial charge >= 0.3 is 0 Å². The molecule has 3 N–H and O–H groups in total. The lowest BCUT2D eigenvalue weighted by atomic mass is 9.85. The molecule has 23 heavy (non-hydrogen) atoms. The molecule has 0 aliphatic heterocycles. The summed E-state index contributed by atoms with van der Waals surface area (Å²) in [6.07, 6.45) is 3.73. The molecular formula is C14H22ClN3O4S. The van der Waals surface area contributed by atoms with Gasteiger partial charge in [0, 0.05) is 18.2 Å². The highest BCUT2D eigenvalue weighted by Crippen LogP contribution is 2.26. The molecule has 1 aliphatic rings. The third-order valence-corrected chi connectivity index (χ3v) is 5.83. The third-order valence-electron chi connectivity index (χ3n) is 4.18. The quantitative estimate of drug-likeness (QED) is 0.614. The van der Waals surface area contributed by atoms with Gasteiger partial charge in [-0.25, -0.2) is 13.1 Å². The number of nitrogens with one attached hydrogen (secondary N) is 1. The number of nitrogens with zero attached hydrogens (tertiary/aromatic N) is 1. The van der Waals surface area contributed by atoms with Crippen LogP contribution in [0.1, 0.15) is 31.2 Å². The van der Waals surface area contributed by atoms with Crippen LogP contribution in [0.5, 0.6) is 0 Å². The second kappa shape index (κ2) is 8.05. The Balaban J connectivity index is 0.00000264. The maximum atomic E-state index is 12.5. The van der Waals surface area contributed by atoms with Crippen molar-refractivity contribution >= 4 is 28.1 Å². The lowest BCUT2D eigenvalue weighted by molar-refractivity contribution is -0.385. The average molecular weight is 364 g/mol. The molecule has 1 aromatic rings. The smallest absolute Gasteiger partial charge is 0.269 e. The van der Waals surface area contributed by atoms with Gasteiger partial charge in [-0.2, -0.15) is 0 Å². The van der Waals surface area contributed by atoms with Crippen LogP contribution in [0.25, 0.3) is 0 Å². The lowest BCUT2D eigenvalue weighted by Crippen LogP contribution is -2.44. The zero-order valence-corrected chi connectivity index (χ0v) is 14.5. The monoisotopic (exact) mass is 363 g/mol. The van der Waals surface area contributed by atoms with E-state index in [1.165, 1.54) is 18.2 Å². The van der Waals surface area contributed by atoms with Gasteiger partial charge < -0.3 is 5.73 Å². The molecule has 1 fully saturated rings. The van der Waals surface area contributed by atoms with E-state index in [0.29, 0.717) is 12.1 Å². The Hall–Kier alpha value is -1.22. The van der Waals surface area contributed by atoms with Crippen molar-refractivity contribution in [1.29, 1.82) is 0 Å². The first-order valence-corrected chi connectivity index (χ1v) is 8.81. The zero-order chi connectivity index (χ0) is 16.3. The van der Waals surface area contributed by atoms with E-state index in [9.17, 15) is 18.5 Å². The maximum Gasteiger partial charge on any atom is 0.269 e. The summed E-state index contributed by atoms with van der Waals surface area (Å²) in [5.41, 5.74) is 5.97. The van der Waals surface area contributed by atoms with Crippen molar-refractivity contribution in [3.8, 4) is 0 Å². The highest BCUT2D eigenvalue weighted by molar-refractivity contribution is 7.89. The number of aryl methyl sites for hydroxylation is 1. The molecule has 0 aromatic heterocycles. The molecule has 1 aliphatic carbocycles. The van der Waals surface area contributed by atoms with Crippen LogP contribution in [0.3, 0.4) is 0 Å². The molecule has 2 unspecified atom stereocenters. The molecule has 7 nitrogen and oxygen atoms in total. The maximum absolute atomic E-state index is 12.5. The summed E-state index contributed by atoms with van der Waals surface area (Å²) in [6.45, 7) is 2.01. The van der Waals surface area contributed by atoms with Gasteiger partial charge in [0.05, 0.1) is 9.82 Å². The number of nitro groups is 1. The van der Waals surface area contributed by atoms with E-state index in [1.807, 2.05) is 0 Å². The van der Waals surface area contributed by atoms with Crippen LogP contribution >= 0.6 is 12.4 Å². The third kappa shape index (κ3) is 4.63. The lowest BCUT2D eigenvalue weighted by Gasteiger charge is -2.31. The SMILES string of the molecule is Cc1cc([N+](=O)[O-])ccc1S(=O)(=O)NC1CCCCC1CN.Cl. The van der Waals surface area contributed by atoms with Gasteiger partial charge in [0.15, 0.2) is 0 Å². The predicted octanol–water partition coefficient (Wildman–Crippen LogP) is 2.12. The Morgan fingerprint density at radius 2 is 2.00 bits per heavy atom. The number of hydrogen-bond acceptors (Lipinski definition) is 5. The highest BCUT2D eigenvalue weighted by atomic mass is 35.5. The van der Waals surface area contributed by atoms with E-state index in [1.54, 1.807) is 6.92 Å². The molecule has 0 radical (unpaired) electrons. The number of rotatable bonds is 5. The zero-order valence-electron chi connectivity index (χ0n) is 12.9. The van der Waals surface area contributed by atoms with Crippen LogP contribution < -0.4 is 10.5 Å². The molecule has 2 atom stereocenters. The van der Waals surface area contributed by atoms with Crippen LogP contribution in [0, 0.1) is 23.0 Å². The van der Waals surface area contributed by atoms with Gasteiger partial charge in [0.1, 0.15) is 0 Å². The molecule has 0 spiro atoms. The summed E-state index contributed by atoms with van der Waals surface area (Å²) in [7, 11) is -3.70. The second-order valence-corrected chi connectivity index (χ2v) is 7.40. The molecular weight excluding hydrogens is 342 g/mol. The molecule has 1 saturated carbocycles. The van der Waals surface area contributed by atoms with Crippen LogP contribution in [-0.4, -0.2) is 25.9 Å². The number of benzene rings is 1. The minimum absolute atomic E-state index is 0. The Morgan fingerprint density at radius 1 is 1.35 bits per heavy atom. The summed E-state index contributed by atoms with van der Waals surface area (Å²) < 4.78 is 27.8. The van der Waals surface area contributed by atoms with Crippen molar-refractivity contribution in [2.24, 2.45) is 11.7 Å². The number of hydrogen-bond donors (Lipinski definition) is 2. The number of nitrogens with two attached hydrogens (primary N) is 1. The van der Waals surface area contributed by atoms with E-state index in [2.05, 4.69) is 4.72 Å². The second-order valence-electron chi connectivity index (χ2n) is 5.71. The summed E-state index contributed by atoms with van der Waals surface area (Å²) in [6, 6.07) is 3.60. The van der Waals surface area contributed by atoms with E-state index in [0.717, 1.165) is 25.7 Å². The molecule has 9 heteroatoms. The van der Waals surface area contributed by atoms with Gasteiger partial charge in [-0.1, -0.05) is 12.8 Å². The largest absolute Gasteiger partial charge is 0.330 e. The Kier molecular flexibility index (Phi) is 6.94. The molecule has 0 amide bonds. The van der Waals surface area contributed by atoms with Gasteiger partial charge in [-0.15, -0.1) is 12.4 Å². The fourth-order valence-electron chi connectivity index (χ4n) is 2.96. The topological polar surface area (TPSA) is 115 Å². The van der Waals surface area contributed by atoms with Crippen molar-refractivity contribution in [2.75, 3.05) is 6.54 Å². The molecule has 0 bridgehead atoms. The van der Waals surface area contributed by atoms with Gasteiger partial charge in [0.25, 0.3) is 5.69 Å². The standard InChI is InChI=1S/C14H21N3O4S.ClH/c1-10-8-12(17(18)19)6-7-14(10)22(20,21)16-13-5-3-2-4-11(13)9-15;/h6-8,11,13,16H,2-5,9,15H2,1H3;1H. The first kappa shape index (κ1) is 19.8. The van der Waals surface area contributed by atoms with Crippen molar-refractivity contribution < 1.29 is 13.3 Å². The van der Waals surface area contributed by atoms with Crippen molar-refractivity contribution in [2.45, 2.75) is 43.5 Å². The van der Waals surface area contributed by atoms with Crippen LogP contribution in [-0.2, 0) is 10.0 Å². The Morgan fingerprint density at radius 3 is 2.57 bits per heavy atom. The van der Waals surface area contributed by atoms with E-state index in [4.69, 9.17) is 5.73 Å². The summed E-state index contributed by atoms with van der Waals surface area (Å²) in [5, 5.41) is 10.7. The van der Waals surface area contributed by atoms with E-state index in [-0.39, 0.29) is 34.9 Å². The number of halogens is 1. The molecule has 1 aromatic carbocycles. The molecule has 0 saturated heterocycles. The molecule has 0 heterocycles.